The fourth-order valence-electron chi connectivity index (χ4n) is 3.93. The van der Waals surface area contributed by atoms with Crippen LogP contribution in [0.25, 0.3) is 0 Å². The molecule has 0 aliphatic carbocycles. The van der Waals surface area contributed by atoms with Crippen molar-refractivity contribution < 1.29 is 13.2 Å². The van der Waals surface area contributed by atoms with E-state index in [0.717, 1.165) is 37.5 Å². The maximum Gasteiger partial charge on any atom is 0.246 e. The van der Waals surface area contributed by atoms with Crippen LogP contribution in [-0.2, 0) is 16.6 Å². The van der Waals surface area contributed by atoms with Crippen LogP contribution in [0.4, 0.5) is 0 Å². The largest absolute Gasteiger partial charge is 0.487 e. The molecule has 0 saturated carbocycles. The van der Waals surface area contributed by atoms with Gasteiger partial charge in [0.25, 0.3) is 0 Å². The number of sulfonamides is 1. The van der Waals surface area contributed by atoms with Gasteiger partial charge in [-0.2, -0.15) is 4.31 Å². The average Bonchev–Trinajstić information content (AvgIpc) is 2.89. The minimum atomic E-state index is -3.55. The van der Waals surface area contributed by atoms with E-state index in [0.29, 0.717) is 5.75 Å². The van der Waals surface area contributed by atoms with Crippen LogP contribution >= 0.6 is 11.6 Å². The molecule has 2 aromatic carbocycles. The van der Waals surface area contributed by atoms with E-state index in [4.69, 9.17) is 16.3 Å². The molecular weight excluding hydrogens is 384 g/mol. The molecule has 0 aromatic heterocycles. The summed E-state index contributed by atoms with van der Waals surface area (Å²) in [6.45, 7) is 2.51. The van der Waals surface area contributed by atoms with Gasteiger partial charge in [0.1, 0.15) is 16.7 Å². The van der Waals surface area contributed by atoms with Crippen LogP contribution < -0.4 is 4.74 Å². The fraction of sp³-hybridized carbons (Fsp3) is 0.400. The van der Waals surface area contributed by atoms with Gasteiger partial charge in [-0.25, -0.2) is 8.42 Å². The number of benzene rings is 2. The van der Waals surface area contributed by atoms with Gasteiger partial charge in [-0.05, 0) is 42.7 Å². The van der Waals surface area contributed by atoms with Crippen LogP contribution in [0.3, 0.4) is 0 Å². The van der Waals surface area contributed by atoms with Gasteiger partial charge in [0.2, 0.25) is 10.0 Å². The maximum absolute atomic E-state index is 13.0. The van der Waals surface area contributed by atoms with Gasteiger partial charge < -0.3 is 4.74 Å². The van der Waals surface area contributed by atoms with E-state index in [1.807, 2.05) is 30.3 Å². The van der Waals surface area contributed by atoms with Gasteiger partial charge in [0, 0.05) is 31.7 Å². The van der Waals surface area contributed by atoms with Crippen LogP contribution in [0.5, 0.6) is 5.75 Å². The highest BCUT2D eigenvalue weighted by Gasteiger charge is 2.41. The van der Waals surface area contributed by atoms with Crippen molar-refractivity contribution in [3.63, 3.8) is 0 Å². The Bertz CT molecular complexity index is 917. The van der Waals surface area contributed by atoms with Gasteiger partial charge in [-0.3, -0.25) is 4.90 Å². The highest BCUT2D eigenvalue weighted by molar-refractivity contribution is 7.89. The van der Waals surface area contributed by atoms with Gasteiger partial charge in [-0.1, -0.05) is 35.9 Å². The lowest BCUT2D eigenvalue weighted by molar-refractivity contribution is 0.122. The summed E-state index contributed by atoms with van der Waals surface area (Å²) in [6.07, 6.45) is 1.37. The lowest BCUT2D eigenvalue weighted by Gasteiger charge is -2.28. The number of likely N-dealkylation sites (tertiary alicyclic amines) is 1. The minimum Gasteiger partial charge on any atom is -0.487 e. The predicted octanol–water partition coefficient (Wildman–Crippen LogP) is 3.39. The Morgan fingerprint density at radius 1 is 1.07 bits per heavy atom. The average molecular weight is 407 g/mol. The van der Waals surface area contributed by atoms with Crippen molar-refractivity contribution >= 4 is 21.6 Å². The van der Waals surface area contributed by atoms with E-state index in [2.05, 4.69) is 4.90 Å². The second kappa shape index (κ2) is 7.43. The highest BCUT2D eigenvalue weighted by Crippen LogP contribution is 2.35. The second-order valence-electron chi connectivity index (χ2n) is 7.17. The van der Waals surface area contributed by atoms with Crippen molar-refractivity contribution in [3.8, 4) is 5.75 Å². The first-order valence-corrected chi connectivity index (χ1v) is 11.0. The lowest BCUT2D eigenvalue weighted by atomic mass is 10.1. The van der Waals surface area contributed by atoms with E-state index in [1.54, 1.807) is 25.2 Å². The SMILES string of the molecule is CN1[C@@H]2CCN(Cc3ccc(Cl)cc3)CC[C@H]2Oc2ccccc2S1(=O)=O. The standard InChI is InChI=1S/C20H23ClN2O3S/c1-22-17-10-12-23(14-15-6-8-16(21)9-7-15)13-11-18(17)26-19-4-2-3-5-20(19)27(22,24)25/h2-9,17-18H,10-14H2,1H3/t17-,18-/m1/s1. The normalized spacial score (nSPS) is 25.6. The van der Waals surface area contributed by atoms with Crippen LogP contribution in [0.1, 0.15) is 18.4 Å². The molecule has 0 spiro atoms. The third-order valence-electron chi connectivity index (χ3n) is 5.47. The molecule has 4 rings (SSSR count). The first-order chi connectivity index (χ1) is 12.9. The molecule has 0 amide bonds. The number of nitrogens with zero attached hydrogens (tertiary/aromatic N) is 2. The van der Waals surface area contributed by atoms with Crippen molar-refractivity contribution in [1.82, 2.24) is 9.21 Å². The maximum atomic E-state index is 13.0. The summed E-state index contributed by atoms with van der Waals surface area (Å²) in [4.78, 5) is 2.62. The number of para-hydroxylation sites is 1. The molecule has 0 bridgehead atoms. The van der Waals surface area contributed by atoms with Gasteiger partial charge in [-0.15, -0.1) is 0 Å². The third kappa shape index (κ3) is 3.72. The van der Waals surface area contributed by atoms with Crippen LogP contribution in [0, 0.1) is 0 Å². The first-order valence-electron chi connectivity index (χ1n) is 9.16. The Morgan fingerprint density at radius 2 is 1.78 bits per heavy atom. The quantitative estimate of drug-likeness (QED) is 0.767. The van der Waals surface area contributed by atoms with Gasteiger partial charge in [0.15, 0.2) is 0 Å². The summed E-state index contributed by atoms with van der Waals surface area (Å²) in [7, 11) is -1.88. The summed E-state index contributed by atoms with van der Waals surface area (Å²) in [5.41, 5.74) is 1.20. The summed E-state index contributed by atoms with van der Waals surface area (Å²) in [5.74, 6) is 0.461. The molecule has 144 valence electrons. The number of hydrogen-bond acceptors (Lipinski definition) is 4. The molecule has 2 aliphatic heterocycles. The van der Waals surface area contributed by atoms with Crippen LogP contribution in [0.15, 0.2) is 53.4 Å². The molecule has 1 saturated heterocycles. The zero-order valence-electron chi connectivity index (χ0n) is 15.2. The zero-order valence-corrected chi connectivity index (χ0v) is 16.8. The Kier molecular flexibility index (Phi) is 5.16. The monoisotopic (exact) mass is 406 g/mol. The Labute approximate surface area is 165 Å². The third-order valence-corrected chi connectivity index (χ3v) is 7.65. The highest BCUT2D eigenvalue weighted by atomic mass is 35.5. The molecule has 27 heavy (non-hydrogen) atoms. The molecule has 2 heterocycles. The van der Waals surface area contributed by atoms with Crippen molar-refractivity contribution in [2.75, 3.05) is 20.1 Å². The molecule has 2 aliphatic rings. The number of ether oxygens (including phenoxy) is 1. The molecule has 7 heteroatoms. The summed E-state index contributed by atoms with van der Waals surface area (Å²) in [6, 6.07) is 14.6. The Balaban J connectivity index is 1.56. The van der Waals surface area contributed by atoms with Gasteiger partial charge in [0.05, 0.1) is 6.04 Å². The number of rotatable bonds is 2. The number of halogens is 1. The Hall–Kier alpha value is -1.60. The second-order valence-corrected chi connectivity index (χ2v) is 9.57. The molecule has 5 nitrogen and oxygen atoms in total. The number of hydrogen-bond donors (Lipinski definition) is 0. The van der Waals surface area contributed by atoms with E-state index in [-0.39, 0.29) is 17.0 Å². The smallest absolute Gasteiger partial charge is 0.246 e. The van der Waals surface area contributed by atoms with Gasteiger partial charge >= 0.3 is 0 Å². The van der Waals surface area contributed by atoms with Crippen molar-refractivity contribution in [3.05, 3.63) is 59.1 Å². The summed E-state index contributed by atoms with van der Waals surface area (Å²) in [5, 5.41) is 0.732. The minimum absolute atomic E-state index is 0.149. The molecule has 2 aromatic rings. The first kappa shape index (κ1) is 18.7. The lowest BCUT2D eigenvalue weighted by Crippen LogP contribution is -2.44. The van der Waals surface area contributed by atoms with E-state index in [9.17, 15) is 8.42 Å². The van der Waals surface area contributed by atoms with Crippen molar-refractivity contribution in [2.45, 2.75) is 36.4 Å². The predicted molar refractivity (Wildman–Crippen MR) is 106 cm³/mol. The summed E-state index contributed by atoms with van der Waals surface area (Å²) >= 11 is 5.97. The number of fused-ring (bicyclic) bond motifs is 2. The number of likely N-dealkylation sites (N-methyl/N-ethyl adjacent to an activating group) is 1. The molecule has 2 atom stereocenters. The van der Waals surface area contributed by atoms with E-state index in [1.165, 1.54) is 9.87 Å². The van der Waals surface area contributed by atoms with E-state index < -0.39 is 10.0 Å². The Morgan fingerprint density at radius 3 is 2.56 bits per heavy atom. The molecule has 1 fully saturated rings. The molecular formula is C20H23ClN2O3S. The van der Waals surface area contributed by atoms with Crippen LogP contribution in [0.2, 0.25) is 5.02 Å². The topological polar surface area (TPSA) is 49.9 Å². The molecule has 0 radical (unpaired) electrons. The summed E-state index contributed by atoms with van der Waals surface area (Å²) < 4.78 is 33.7. The van der Waals surface area contributed by atoms with Crippen molar-refractivity contribution in [1.29, 1.82) is 0 Å². The van der Waals surface area contributed by atoms with E-state index >= 15 is 0 Å². The van der Waals surface area contributed by atoms with Crippen LogP contribution in [-0.4, -0.2) is 49.9 Å². The molecule has 0 unspecified atom stereocenters. The fourth-order valence-corrected chi connectivity index (χ4v) is 5.59. The zero-order chi connectivity index (χ0) is 19.0. The molecule has 0 N–H and O–H groups in total. The van der Waals surface area contributed by atoms with Crippen molar-refractivity contribution in [2.24, 2.45) is 0 Å².